The van der Waals surface area contributed by atoms with Gasteiger partial charge < -0.3 is 10.2 Å². The van der Waals surface area contributed by atoms with Crippen LogP contribution in [0.25, 0.3) is 0 Å². The first-order chi connectivity index (χ1) is 9.77. The minimum absolute atomic E-state index is 0.142. The van der Waals surface area contributed by atoms with E-state index in [0.29, 0.717) is 5.92 Å². The van der Waals surface area contributed by atoms with Crippen LogP contribution in [0.2, 0.25) is 0 Å². The van der Waals surface area contributed by atoms with Crippen molar-refractivity contribution in [1.29, 1.82) is 0 Å². The summed E-state index contributed by atoms with van der Waals surface area (Å²) in [7, 11) is 0. The third-order valence-electron chi connectivity index (χ3n) is 4.54. The van der Waals surface area contributed by atoms with E-state index in [1.165, 1.54) is 18.9 Å². The standard InChI is InChI=1S/C16H21FN2O/c17-14-7-2-1-6-13(14)16(20)19-10-4-8-15(19)12-5-3-9-18-11-12/h1-2,6-7,12,15,18H,3-5,8-11H2. The highest BCUT2D eigenvalue weighted by Gasteiger charge is 2.36. The van der Waals surface area contributed by atoms with Gasteiger partial charge in [0, 0.05) is 12.6 Å². The summed E-state index contributed by atoms with van der Waals surface area (Å²) in [5.74, 6) is -0.0388. The number of carbonyl (C=O) groups is 1. The van der Waals surface area contributed by atoms with Crippen LogP contribution in [0, 0.1) is 11.7 Å². The number of likely N-dealkylation sites (tertiary alicyclic amines) is 1. The van der Waals surface area contributed by atoms with E-state index in [1.807, 2.05) is 4.90 Å². The van der Waals surface area contributed by atoms with Gasteiger partial charge in [-0.05, 0) is 56.8 Å². The van der Waals surface area contributed by atoms with Crippen LogP contribution in [0.3, 0.4) is 0 Å². The molecule has 1 amide bonds. The fourth-order valence-corrected chi connectivity index (χ4v) is 3.53. The number of nitrogens with one attached hydrogen (secondary N) is 1. The zero-order valence-corrected chi connectivity index (χ0v) is 11.6. The van der Waals surface area contributed by atoms with E-state index in [-0.39, 0.29) is 17.5 Å². The number of carbonyl (C=O) groups excluding carboxylic acids is 1. The molecule has 20 heavy (non-hydrogen) atoms. The Labute approximate surface area is 119 Å². The van der Waals surface area contributed by atoms with Gasteiger partial charge in [-0.3, -0.25) is 4.79 Å². The number of piperidine rings is 1. The van der Waals surface area contributed by atoms with Crippen LogP contribution < -0.4 is 5.32 Å². The lowest BCUT2D eigenvalue weighted by Crippen LogP contribution is -2.45. The SMILES string of the molecule is O=C(c1ccccc1F)N1CCCC1C1CCCNC1. The molecule has 2 unspecified atom stereocenters. The molecule has 0 aliphatic carbocycles. The van der Waals surface area contributed by atoms with Gasteiger partial charge >= 0.3 is 0 Å². The van der Waals surface area contributed by atoms with Crippen molar-refractivity contribution in [2.24, 2.45) is 5.92 Å². The van der Waals surface area contributed by atoms with Gasteiger partial charge in [0.15, 0.2) is 0 Å². The number of hydrogen-bond acceptors (Lipinski definition) is 2. The number of amides is 1. The fraction of sp³-hybridized carbons (Fsp3) is 0.562. The maximum absolute atomic E-state index is 13.8. The van der Waals surface area contributed by atoms with Crippen LogP contribution in [0.5, 0.6) is 0 Å². The summed E-state index contributed by atoms with van der Waals surface area (Å²) >= 11 is 0. The molecule has 2 aliphatic rings. The Bertz CT molecular complexity index is 485. The Morgan fingerprint density at radius 2 is 2.10 bits per heavy atom. The van der Waals surface area contributed by atoms with Gasteiger partial charge in [-0.2, -0.15) is 0 Å². The van der Waals surface area contributed by atoms with E-state index in [2.05, 4.69) is 5.32 Å². The monoisotopic (exact) mass is 276 g/mol. The summed E-state index contributed by atoms with van der Waals surface area (Å²) in [6.45, 7) is 2.81. The zero-order valence-electron chi connectivity index (χ0n) is 11.6. The molecule has 0 radical (unpaired) electrons. The Balaban J connectivity index is 1.78. The first-order valence-corrected chi connectivity index (χ1v) is 7.53. The Kier molecular flexibility index (Phi) is 4.01. The average Bonchev–Trinajstić information content (AvgIpc) is 2.97. The molecular formula is C16H21FN2O. The molecule has 4 heteroatoms. The van der Waals surface area contributed by atoms with E-state index >= 15 is 0 Å². The van der Waals surface area contributed by atoms with Crippen molar-refractivity contribution >= 4 is 5.91 Å². The lowest BCUT2D eigenvalue weighted by Gasteiger charge is -2.34. The van der Waals surface area contributed by atoms with Crippen LogP contribution in [-0.2, 0) is 0 Å². The molecule has 2 fully saturated rings. The molecule has 1 aromatic carbocycles. The van der Waals surface area contributed by atoms with E-state index in [1.54, 1.807) is 18.2 Å². The van der Waals surface area contributed by atoms with Gasteiger partial charge in [0.2, 0.25) is 0 Å². The molecule has 2 atom stereocenters. The molecule has 3 nitrogen and oxygen atoms in total. The second kappa shape index (κ2) is 5.92. The van der Waals surface area contributed by atoms with Crippen LogP contribution >= 0.6 is 0 Å². The molecule has 2 heterocycles. The van der Waals surface area contributed by atoms with Crippen molar-refractivity contribution in [2.45, 2.75) is 31.7 Å². The fourth-order valence-electron chi connectivity index (χ4n) is 3.53. The first kappa shape index (κ1) is 13.6. The predicted molar refractivity (Wildman–Crippen MR) is 76.1 cm³/mol. The van der Waals surface area contributed by atoms with Gasteiger partial charge in [-0.1, -0.05) is 12.1 Å². The molecule has 0 bridgehead atoms. The molecule has 0 spiro atoms. The van der Waals surface area contributed by atoms with Gasteiger partial charge in [0.05, 0.1) is 5.56 Å². The number of halogens is 1. The molecule has 2 aliphatic heterocycles. The normalized spacial score (nSPS) is 26.8. The topological polar surface area (TPSA) is 32.3 Å². The molecule has 2 saturated heterocycles. The highest BCUT2D eigenvalue weighted by atomic mass is 19.1. The predicted octanol–water partition coefficient (Wildman–Crippen LogP) is 2.43. The molecule has 0 saturated carbocycles. The molecule has 3 rings (SSSR count). The minimum atomic E-state index is -0.412. The van der Waals surface area contributed by atoms with Crippen molar-refractivity contribution < 1.29 is 9.18 Å². The van der Waals surface area contributed by atoms with E-state index in [0.717, 1.165) is 32.5 Å². The van der Waals surface area contributed by atoms with Crippen LogP contribution in [0.15, 0.2) is 24.3 Å². The maximum atomic E-state index is 13.8. The third kappa shape index (κ3) is 2.57. The average molecular weight is 276 g/mol. The molecule has 108 valence electrons. The number of nitrogens with zero attached hydrogens (tertiary/aromatic N) is 1. The van der Waals surface area contributed by atoms with Gasteiger partial charge in [-0.25, -0.2) is 4.39 Å². The van der Waals surface area contributed by atoms with Crippen molar-refractivity contribution in [2.75, 3.05) is 19.6 Å². The lowest BCUT2D eigenvalue weighted by atomic mass is 9.90. The van der Waals surface area contributed by atoms with Crippen molar-refractivity contribution in [3.63, 3.8) is 0 Å². The second-order valence-corrected chi connectivity index (χ2v) is 5.79. The summed E-state index contributed by atoms with van der Waals surface area (Å²) in [5.41, 5.74) is 0.211. The second-order valence-electron chi connectivity index (χ2n) is 5.79. The van der Waals surface area contributed by atoms with Crippen LogP contribution in [0.1, 0.15) is 36.0 Å². The first-order valence-electron chi connectivity index (χ1n) is 7.53. The summed E-state index contributed by atoms with van der Waals surface area (Å²) in [6.07, 6.45) is 4.41. The lowest BCUT2D eigenvalue weighted by molar-refractivity contribution is 0.0666. The quantitative estimate of drug-likeness (QED) is 0.900. The summed E-state index contributed by atoms with van der Waals surface area (Å²) in [4.78, 5) is 14.5. The summed E-state index contributed by atoms with van der Waals surface area (Å²) in [6, 6.07) is 6.57. The maximum Gasteiger partial charge on any atom is 0.257 e. The summed E-state index contributed by atoms with van der Waals surface area (Å²) < 4.78 is 13.8. The van der Waals surface area contributed by atoms with E-state index < -0.39 is 5.82 Å². The Morgan fingerprint density at radius 3 is 2.85 bits per heavy atom. The third-order valence-corrected chi connectivity index (χ3v) is 4.54. The van der Waals surface area contributed by atoms with Gasteiger partial charge in [0.25, 0.3) is 5.91 Å². The molecule has 0 aromatic heterocycles. The Hall–Kier alpha value is -1.42. The van der Waals surface area contributed by atoms with E-state index in [9.17, 15) is 9.18 Å². The smallest absolute Gasteiger partial charge is 0.257 e. The molecular weight excluding hydrogens is 255 g/mol. The van der Waals surface area contributed by atoms with Crippen LogP contribution in [-0.4, -0.2) is 36.5 Å². The minimum Gasteiger partial charge on any atom is -0.335 e. The highest BCUT2D eigenvalue weighted by Crippen LogP contribution is 2.29. The van der Waals surface area contributed by atoms with E-state index in [4.69, 9.17) is 0 Å². The largest absolute Gasteiger partial charge is 0.335 e. The Morgan fingerprint density at radius 1 is 1.25 bits per heavy atom. The number of hydrogen-bond donors (Lipinski definition) is 1. The van der Waals surface area contributed by atoms with Crippen molar-refractivity contribution in [3.8, 4) is 0 Å². The van der Waals surface area contributed by atoms with Gasteiger partial charge in [-0.15, -0.1) is 0 Å². The zero-order chi connectivity index (χ0) is 13.9. The van der Waals surface area contributed by atoms with Crippen LogP contribution in [0.4, 0.5) is 4.39 Å². The highest BCUT2D eigenvalue weighted by molar-refractivity contribution is 5.94. The van der Waals surface area contributed by atoms with Crippen molar-refractivity contribution in [1.82, 2.24) is 10.2 Å². The molecule has 1 aromatic rings. The number of rotatable bonds is 2. The number of benzene rings is 1. The summed E-state index contributed by atoms with van der Waals surface area (Å²) in [5, 5.41) is 3.41. The van der Waals surface area contributed by atoms with Crippen molar-refractivity contribution in [3.05, 3.63) is 35.6 Å². The molecule has 1 N–H and O–H groups in total. The van der Waals surface area contributed by atoms with Gasteiger partial charge in [0.1, 0.15) is 5.82 Å².